The molecule has 122 valence electrons. The Hall–Kier alpha value is -2.10. The van der Waals surface area contributed by atoms with Gasteiger partial charge in [0.1, 0.15) is 0 Å². The first-order valence-corrected chi connectivity index (χ1v) is 8.57. The van der Waals surface area contributed by atoms with E-state index < -0.39 is 0 Å². The van der Waals surface area contributed by atoms with Crippen LogP contribution < -0.4 is 4.90 Å². The smallest absolute Gasteiger partial charge is 0.259 e. The first kappa shape index (κ1) is 15.8. The number of rotatable bonds is 5. The van der Waals surface area contributed by atoms with Crippen molar-refractivity contribution in [1.82, 2.24) is 4.90 Å². The minimum Gasteiger partial charge on any atom is -0.339 e. The van der Waals surface area contributed by atoms with Crippen molar-refractivity contribution in [3.05, 3.63) is 35.9 Å². The summed E-state index contributed by atoms with van der Waals surface area (Å²) in [4.78, 5) is 28.8. The lowest BCUT2D eigenvalue weighted by atomic mass is 10.0. The Bertz CT molecular complexity index is 643. The fourth-order valence-electron chi connectivity index (χ4n) is 3.18. The molecule has 0 unspecified atom stereocenters. The Kier molecular flexibility index (Phi) is 4.51. The van der Waals surface area contributed by atoms with Crippen LogP contribution in [0, 0.1) is 5.92 Å². The van der Waals surface area contributed by atoms with Crippen molar-refractivity contribution < 1.29 is 9.59 Å². The molecule has 4 heteroatoms. The largest absolute Gasteiger partial charge is 0.339 e. The lowest BCUT2D eigenvalue weighted by molar-refractivity contribution is -0.129. The maximum Gasteiger partial charge on any atom is 0.259 e. The average molecular weight is 312 g/mol. The summed E-state index contributed by atoms with van der Waals surface area (Å²) in [6.45, 7) is 6.64. The normalized spacial score (nSPS) is 18.6. The van der Waals surface area contributed by atoms with Gasteiger partial charge in [0.15, 0.2) is 0 Å². The van der Waals surface area contributed by atoms with Gasteiger partial charge in [-0.25, -0.2) is 0 Å². The van der Waals surface area contributed by atoms with Gasteiger partial charge in [-0.15, -0.1) is 0 Å². The van der Waals surface area contributed by atoms with Gasteiger partial charge in [-0.05, 0) is 18.4 Å². The molecule has 0 saturated carbocycles. The van der Waals surface area contributed by atoms with Crippen molar-refractivity contribution in [2.45, 2.75) is 33.1 Å². The summed E-state index contributed by atoms with van der Waals surface area (Å²) in [6, 6.07) is 7.79. The Morgan fingerprint density at radius 2 is 1.91 bits per heavy atom. The Morgan fingerprint density at radius 3 is 2.52 bits per heavy atom. The van der Waals surface area contributed by atoms with Crippen LogP contribution in [0.3, 0.4) is 0 Å². The van der Waals surface area contributed by atoms with E-state index in [9.17, 15) is 9.59 Å². The molecular formula is C19H24N2O2. The van der Waals surface area contributed by atoms with Crippen LogP contribution in [-0.2, 0) is 9.59 Å². The van der Waals surface area contributed by atoms with E-state index in [0.717, 1.165) is 50.1 Å². The van der Waals surface area contributed by atoms with Crippen LogP contribution in [0.5, 0.6) is 0 Å². The maximum atomic E-state index is 12.9. The zero-order valence-electron chi connectivity index (χ0n) is 13.9. The molecule has 2 amide bonds. The van der Waals surface area contributed by atoms with E-state index in [-0.39, 0.29) is 11.8 Å². The molecule has 23 heavy (non-hydrogen) atoms. The van der Waals surface area contributed by atoms with E-state index >= 15 is 0 Å². The third-order valence-corrected chi connectivity index (χ3v) is 4.99. The summed E-state index contributed by atoms with van der Waals surface area (Å²) in [5, 5.41) is 0. The molecule has 1 saturated heterocycles. The molecule has 3 rings (SSSR count). The number of likely N-dealkylation sites (tertiary alicyclic amines) is 1. The predicted molar refractivity (Wildman–Crippen MR) is 92.0 cm³/mol. The highest BCUT2D eigenvalue weighted by Crippen LogP contribution is 2.37. The molecule has 2 aliphatic rings. The zero-order chi connectivity index (χ0) is 16.4. The van der Waals surface area contributed by atoms with Gasteiger partial charge >= 0.3 is 0 Å². The molecule has 2 aliphatic heterocycles. The van der Waals surface area contributed by atoms with Crippen LogP contribution >= 0.6 is 0 Å². The SMILES string of the molecule is CCC(CC)CN1C(=O)/C(=C/C(=O)N2CCC2)c2ccccc21. The first-order chi connectivity index (χ1) is 11.2. The summed E-state index contributed by atoms with van der Waals surface area (Å²) >= 11 is 0. The second-order valence-electron chi connectivity index (χ2n) is 6.35. The number of carbonyl (C=O) groups excluding carboxylic acids is 2. The lowest BCUT2D eigenvalue weighted by Gasteiger charge is -2.29. The van der Waals surface area contributed by atoms with Gasteiger partial charge in [-0.2, -0.15) is 0 Å². The third kappa shape index (κ3) is 2.90. The molecule has 0 bridgehead atoms. The fraction of sp³-hybridized carbons (Fsp3) is 0.474. The van der Waals surface area contributed by atoms with E-state index in [0.29, 0.717) is 11.5 Å². The second kappa shape index (κ2) is 6.57. The number of hydrogen-bond acceptors (Lipinski definition) is 2. The summed E-state index contributed by atoms with van der Waals surface area (Å²) in [6.07, 6.45) is 4.69. The summed E-state index contributed by atoms with van der Waals surface area (Å²) < 4.78 is 0. The third-order valence-electron chi connectivity index (χ3n) is 4.99. The quantitative estimate of drug-likeness (QED) is 0.784. The van der Waals surface area contributed by atoms with Crippen molar-refractivity contribution in [2.24, 2.45) is 5.92 Å². The molecule has 4 nitrogen and oxygen atoms in total. The van der Waals surface area contributed by atoms with Crippen LogP contribution in [-0.4, -0.2) is 36.3 Å². The van der Waals surface area contributed by atoms with Crippen LogP contribution in [0.1, 0.15) is 38.7 Å². The molecule has 1 fully saturated rings. The number of para-hydroxylation sites is 1. The highest BCUT2D eigenvalue weighted by Gasteiger charge is 2.34. The molecule has 0 aliphatic carbocycles. The fourth-order valence-corrected chi connectivity index (χ4v) is 3.18. The van der Waals surface area contributed by atoms with Crippen LogP contribution in [0.4, 0.5) is 5.69 Å². The molecule has 1 aromatic carbocycles. The molecule has 0 radical (unpaired) electrons. The van der Waals surface area contributed by atoms with Crippen molar-refractivity contribution in [1.29, 1.82) is 0 Å². The van der Waals surface area contributed by atoms with Crippen molar-refractivity contribution in [2.75, 3.05) is 24.5 Å². The van der Waals surface area contributed by atoms with Crippen molar-refractivity contribution in [3.8, 4) is 0 Å². The second-order valence-corrected chi connectivity index (χ2v) is 6.35. The molecule has 0 spiro atoms. The van der Waals surface area contributed by atoms with E-state index in [2.05, 4.69) is 13.8 Å². The van der Waals surface area contributed by atoms with Gasteiger partial charge in [-0.3, -0.25) is 9.59 Å². The minimum atomic E-state index is -0.0428. The molecule has 0 aromatic heterocycles. The van der Waals surface area contributed by atoms with Gasteiger partial charge in [0.25, 0.3) is 5.91 Å². The number of fused-ring (bicyclic) bond motifs is 1. The van der Waals surface area contributed by atoms with Gasteiger partial charge in [-0.1, -0.05) is 44.9 Å². The summed E-state index contributed by atoms with van der Waals surface area (Å²) in [5.41, 5.74) is 2.37. The number of nitrogens with zero attached hydrogens (tertiary/aromatic N) is 2. The number of hydrogen-bond donors (Lipinski definition) is 0. The Balaban J connectivity index is 1.91. The van der Waals surface area contributed by atoms with Crippen LogP contribution in [0.15, 0.2) is 30.3 Å². The van der Waals surface area contributed by atoms with Crippen LogP contribution in [0.25, 0.3) is 5.57 Å². The van der Waals surface area contributed by atoms with Gasteiger partial charge in [0, 0.05) is 31.3 Å². The molecule has 1 aromatic rings. The van der Waals surface area contributed by atoms with E-state index in [1.165, 1.54) is 6.08 Å². The van der Waals surface area contributed by atoms with E-state index in [4.69, 9.17) is 0 Å². The molecule has 0 N–H and O–H groups in total. The van der Waals surface area contributed by atoms with Gasteiger partial charge < -0.3 is 9.80 Å². The molecular weight excluding hydrogens is 288 g/mol. The zero-order valence-corrected chi connectivity index (χ0v) is 13.9. The molecule has 2 heterocycles. The standard InChI is InChI=1S/C19H24N2O2/c1-3-14(4-2)13-21-17-9-6-5-8-15(17)16(19(21)23)12-18(22)20-10-7-11-20/h5-6,8-9,12,14H,3-4,7,10-11,13H2,1-2H3/b16-12+. The summed E-state index contributed by atoms with van der Waals surface area (Å²) in [5.74, 6) is 0.406. The maximum absolute atomic E-state index is 12.9. The van der Waals surface area contributed by atoms with Gasteiger partial charge in [0.05, 0.1) is 11.3 Å². The highest BCUT2D eigenvalue weighted by molar-refractivity contribution is 6.34. The lowest BCUT2D eigenvalue weighted by Crippen LogP contribution is -2.41. The topological polar surface area (TPSA) is 40.6 Å². The number of carbonyl (C=O) groups is 2. The number of anilines is 1. The predicted octanol–water partition coefficient (Wildman–Crippen LogP) is 3.09. The van der Waals surface area contributed by atoms with Crippen LogP contribution in [0.2, 0.25) is 0 Å². The van der Waals surface area contributed by atoms with Crippen molar-refractivity contribution >= 4 is 23.1 Å². The molecule has 0 atom stereocenters. The monoisotopic (exact) mass is 312 g/mol. The minimum absolute atomic E-state index is 0.0352. The first-order valence-electron chi connectivity index (χ1n) is 8.57. The van der Waals surface area contributed by atoms with Gasteiger partial charge in [0.2, 0.25) is 5.91 Å². The highest BCUT2D eigenvalue weighted by atomic mass is 16.2. The Labute approximate surface area is 137 Å². The van der Waals surface area contributed by atoms with Crippen molar-refractivity contribution in [3.63, 3.8) is 0 Å². The summed E-state index contributed by atoms with van der Waals surface area (Å²) in [7, 11) is 0. The van der Waals surface area contributed by atoms with E-state index in [1.807, 2.05) is 29.2 Å². The number of benzene rings is 1. The van der Waals surface area contributed by atoms with E-state index in [1.54, 1.807) is 4.90 Å². The number of amides is 2. The Morgan fingerprint density at radius 1 is 1.22 bits per heavy atom. The average Bonchev–Trinajstić information content (AvgIpc) is 2.76.